The molecule has 694 valence electrons. The summed E-state index contributed by atoms with van der Waals surface area (Å²) in [5.74, 6) is 4.80. The molecule has 0 bridgehead atoms. The number of likely N-dealkylation sites (N-methyl/N-ethyl adjacent to an activating group) is 2. The third-order valence-electron chi connectivity index (χ3n) is 20.1. The molecule has 0 radical (unpaired) electrons. The molecule has 3 N–H and O–H groups in total. The largest absolute Gasteiger partial charge is 0.497 e. The third-order valence-corrected chi connectivity index (χ3v) is 20.1. The number of carbonyl (C=O) groups excluding carboxylic acids is 5. The number of aliphatic carboxylic acids is 1. The molecule has 2 saturated carbocycles. The Balaban J connectivity index is 0.000000240. The summed E-state index contributed by atoms with van der Waals surface area (Å²) in [6, 6.07) is 35.1. The third kappa shape index (κ3) is 30.5. The Morgan fingerprint density at radius 1 is 0.550 bits per heavy atom. The number of ether oxygens (including phenoxy) is 9. The minimum Gasteiger partial charge on any atom is -0.497 e. The number of pyridine rings is 2. The van der Waals surface area contributed by atoms with E-state index in [9.17, 15) is 37.1 Å². The number of likely N-dealkylation sites (tertiary alicyclic amines) is 2. The first kappa shape index (κ1) is 98.0. The molecule has 4 aromatic carbocycles. The van der Waals surface area contributed by atoms with Crippen LogP contribution in [0.1, 0.15) is 146 Å². The van der Waals surface area contributed by atoms with Crippen LogP contribution in [0.2, 0.25) is 0 Å². The SMILES string of the molecule is C.CN(C/C=C/C(=O)O)C1CC1.COc1ccc(Cn2nc(N[C@@H]3CCN(C(=O)/C=C/CN(C)C4CC4)C3)c3c(Oc4ccc(OCc5cnnn5COC(=O)C(C)(C)C)cc4)ccnc32)cc1.COc1ccc(Cn2nc(N[C@@H]3CCN(C(=O)OC(C)(C)C)C3)c3c(Oc4ccc(OCc5cnnn5COC(=O)C(C)(C)C)cc4)ccnc32)cc1.O=CC(F)(F)F.[2H]CC. The van der Waals surface area contributed by atoms with Gasteiger partial charge in [0.1, 0.15) is 75.6 Å². The number of benzene rings is 4. The number of anilines is 2. The minimum absolute atomic E-state index is 0. The number of carboxylic acid groups (broad SMARTS) is 1. The molecule has 4 aliphatic rings. The average Bonchev–Trinajstić information content (AvgIpc) is 1.62. The maximum atomic E-state index is 13.1. The van der Waals surface area contributed by atoms with Gasteiger partial charge in [-0.05, 0) is 199 Å². The number of hydrogen-bond acceptors (Lipinski definition) is 27. The van der Waals surface area contributed by atoms with Crippen LogP contribution in [0, 0.1) is 10.8 Å². The van der Waals surface area contributed by atoms with E-state index < -0.39 is 34.9 Å². The van der Waals surface area contributed by atoms with Gasteiger partial charge in [-0.1, -0.05) is 68.1 Å². The predicted octanol–water partition coefficient (Wildman–Crippen LogP) is 15.2. The zero-order valence-electron chi connectivity index (χ0n) is 75.7. The number of esters is 2. The molecule has 4 fully saturated rings. The predicted molar refractivity (Wildman–Crippen MR) is 478 cm³/mol. The number of nitrogens with one attached hydrogen (secondary N) is 2. The Morgan fingerprint density at radius 2 is 0.930 bits per heavy atom. The number of amides is 2. The van der Waals surface area contributed by atoms with E-state index in [1.165, 1.54) is 41.1 Å². The van der Waals surface area contributed by atoms with Crippen molar-refractivity contribution in [1.82, 2.24) is 79.1 Å². The van der Waals surface area contributed by atoms with Crippen molar-refractivity contribution in [3.8, 4) is 46.0 Å². The van der Waals surface area contributed by atoms with Crippen molar-refractivity contribution in [2.75, 3.05) is 78.2 Å². The smallest absolute Gasteiger partial charge is 0.446 e. The van der Waals surface area contributed by atoms with Crippen LogP contribution in [-0.4, -0.2) is 224 Å². The van der Waals surface area contributed by atoms with Crippen molar-refractivity contribution in [2.24, 2.45) is 10.8 Å². The molecule has 2 aliphatic carbocycles. The van der Waals surface area contributed by atoms with Crippen LogP contribution in [0.3, 0.4) is 0 Å². The number of carboxylic acids is 1. The van der Waals surface area contributed by atoms with E-state index in [1.807, 2.05) is 139 Å². The number of aldehydes is 1. The maximum absolute atomic E-state index is 13.1. The highest BCUT2D eigenvalue weighted by atomic mass is 19.4. The van der Waals surface area contributed by atoms with Gasteiger partial charge in [-0.15, -0.1) is 10.2 Å². The first-order chi connectivity index (χ1) is 61.5. The van der Waals surface area contributed by atoms with Gasteiger partial charge in [0.25, 0.3) is 0 Å². The second-order valence-electron chi connectivity index (χ2n) is 33.6. The first-order valence-electron chi connectivity index (χ1n) is 42.6. The summed E-state index contributed by atoms with van der Waals surface area (Å²) in [4.78, 5) is 86.5. The lowest BCUT2D eigenvalue weighted by atomic mass is 9.97. The Hall–Kier alpha value is -13.2. The van der Waals surface area contributed by atoms with E-state index in [0.29, 0.717) is 132 Å². The fourth-order valence-electron chi connectivity index (χ4n) is 12.9. The highest BCUT2D eigenvalue weighted by Gasteiger charge is 2.34. The summed E-state index contributed by atoms with van der Waals surface area (Å²) in [5, 5.41) is 42.8. The Labute approximate surface area is 750 Å². The summed E-state index contributed by atoms with van der Waals surface area (Å²) < 4.78 is 96.1. The molecule has 0 spiro atoms. The molecule has 37 heteroatoms. The summed E-state index contributed by atoms with van der Waals surface area (Å²) >= 11 is 0. The summed E-state index contributed by atoms with van der Waals surface area (Å²) in [5.41, 5.74) is 2.83. The van der Waals surface area contributed by atoms with Crippen molar-refractivity contribution >= 4 is 69.9 Å². The summed E-state index contributed by atoms with van der Waals surface area (Å²) in [6.45, 7) is 23.6. The lowest BCUT2D eigenvalue weighted by Crippen LogP contribution is -2.36. The van der Waals surface area contributed by atoms with E-state index in [-0.39, 0.29) is 70.1 Å². The zero-order valence-corrected chi connectivity index (χ0v) is 74.7. The molecule has 2 atom stereocenters. The van der Waals surface area contributed by atoms with Gasteiger partial charge < -0.3 is 68.2 Å². The topological polar surface area (TPSA) is 366 Å². The van der Waals surface area contributed by atoms with Gasteiger partial charge in [-0.3, -0.25) is 29.0 Å². The van der Waals surface area contributed by atoms with Crippen LogP contribution in [0.5, 0.6) is 46.0 Å². The maximum Gasteiger partial charge on any atom is 0.446 e. The van der Waals surface area contributed by atoms with Gasteiger partial charge in [0.05, 0.1) is 61.9 Å². The molecular formula is C92H119F3N18O16. The normalized spacial score (nSPS) is 15.1. The second-order valence-corrected chi connectivity index (χ2v) is 33.6. The zero-order chi connectivity index (χ0) is 93.2. The van der Waals surface area contributed by atoms with Gasteiger partial charge in [0.15, 0.2) is 36.4 Å². The van der Waals surface area contributed by atoms with E-state index in [4.69, 9.17) is 74.1 Å². The van der Waals surface area contributed by atoms with Crippen molar-refractivity contribution in [1.29, 1.82) is 0 Å². The highest BCUT2D eigenvalue weighted by molar-refractivity contribution is 5.95. The standard InChI is InChI=1S/C41H49N9O6.C38H46N8O7.C8H13NO2.C2HF3O.C2H6.CH4/c1-41(2,3)40(52)55-27-50-31(23-43-46-50)26-54-33-14-16-34(17-15-33)56-35-18-20-42-39-37(35)38(45-49(39)24-28-8-12-32(53-5)13-9-28)44-29-19-22-48(25-29)36(51)7-6-21-47(4)30-10-11-30;1-37(2,3)35(47)51-24-46-27(20-40-43-46)23-50-29-12-14-30(15-13-29)52-31-16-18-39-34-32(31)33(42-45(34)21-25-8-10-28(49-7)11-9-25)41-26-17-19-44(22-26)36(48)53-38(4,5)6;1-9(7-4-5-7)6-2-3-8(10)11;3-2(4,5)1-6;1-2;/h6-9,12-18,20,23,29-30H,10-11,19,21-22,24-27H2,1-5H3,(H,44,45);8-16,18,20,26H,17,19,21-24H2,1-7H3,(H,41,42);2-3,7H,4-6H2,1H3,(H,10,11);1H;1-2H3;1H4/b7-6+;;3-2+;;;/t29-;26-;;;;/m11..../s1/i;;;;1D;. The number of halogens is 3. The number of alkyl halides is 3. The molecule has 2 amide bonds. The first-order valence-corrected chi connectivity index (χ1v) is 41.9. The molecule has 34 nitrogen and oxygen atoms in total. The van der Waals surface area contributed by atoms with Gasteiger partial charge in [0, 0.05) is 101 Å². The molecule has 6 aromatic heterocycles. The van der Waals surface area contributed by atoms with Crippen LogP contribution in [0.15, 0.2) is 158 Å². The highest BCUT2D eigenvalue weighted by Crippen LogP contribution is 2.39. The van der Waals surface area contributed by atoms with Crippen molar-refractivity contribution in [3.05, 3.63) is 181 Å². The molecule has 129 heavy (non-hydrogen) atoms. The Bertz CT molecular complexity index is 5390. The van der Waals surface area contributed by atoms with Crippen molar-refractivity contribution < 1.29 is 91.0 Å². The van der Waals surface area contributed by atoms with Crippen molar-refractivity contribution in [2.45, 2.75) is 198 Å². The van der Waals surface area contributed by atoms with Crippen LogP contribution < -0.4 is 39.1 Å². The lowest BCUT2D eigenvalue weighted by molar-refractivity contribution is -0.158. The number of hydrogen-bond donors (Lipinski definition) is 3. The summed E-state index contributed by atoms with van der Waals surface area (Å²) in [7, 11) is 7.40. The van der Waals surface area contributed by atoms with E-state index in [1.54, 1.807) is 123 Å². The molecule has 2 saturated heterocycles. The van der Waals surface area contributed by atoms with Gasteiger partial charge in [-0.2, -0.15) is 23.4 Å². The van der Waals surface area contributed by atoms with E-state index in [0.717, 1.165) is 53.9 Å². The summed E-state index contributed by atoms with van der Waals surface area (Å²) in [6.07, 6.45) is 13.6. The quantitative estimate of drug-likeness (QED) is 0.0153. The fourth-order valence-corrected chi connectivity index (χ4v) is 12.9. The molecule has 2 aliphatic heterocycles. The molecular weight excluding hydrogens is 1670 g/mol. The molecule has 14 rings (SSSR count). The number of fused-ring (bicyclic) bond motifs is 2. The van der Waals surface area contributed by atoms with Crippen LogP contribution in [-0.2, 0) is 77.9 Å². The molecule has 0 unspecified atom stereocenters. The van der Waals surface area contributed by atoms with Gasteiger partial charge >= 0.3 is 30.2 Å². The van der Waals surface area contributed by atoms with Gasteiger partial charge in [0.2, 0.25) is 12.2 Å². The van der Waals surface area contributed by atoms with Crippen LogP contribution >= 0.6 is 0 Å². The van der Waals surface area contributed by atoms with Crippen LogP contribution in [0.4, 0.5) is 29.6 Å². The molecule has 8 heterocycles. The van der Waals surface area contributed by atoms with Crippen LogP contribution in [0.25, 0.3) is 22.1 Å². The van der Waals surface area contributed by atoms with Gasteiger partial charge in [-0.25, -0.2) is 38.3 Å². The Morgan fingerprint density at radius 3 is 1.30 bits per heavy atom. The van der Waals surface area contributed by atoms with E-state index in [2.05, 4.69) is 48.1 Å². The minimum atomic E-state index is -4.64. The van der Waals surface area contributed by atoms with Crippen molar-refractivity contribution in [3.63, 3.8) is 0 Å². The molecule has 10 aromatic rings. The average molecular weight is 1790 g/mol. The number of nitrogens with zero attached hydrogens (tertiary/aromatic N) is 16. The number of aromatic nitrogens is 12. The number of carbonyl (C=O) groups is 6. The lowest BCUT2D eigenvalue weighted by Gasteiger charge is -2.24. The Kier molecular flexibility index (Phi) is 34.9. The monoisotopic (exact) mass is 1790 g/mol. The number of methoxy groups -OCH3 is 2. The number of rotatable bonds is 32. The second kappa shape index (κ2) is 46.0. The fraction of sp³-hybridized carbons (Fsp3) is 0.457. The van der Waals surface area contributed by atoms with E-state index >= 15 is 0 Å².